The molecule has 0 amide bonds. The Morgan fingerprint density at radius 2 is 2.28 bits per heavy atom. The lowest BCUT2D eigenvalue weighted by atomic mass is 10.1. The molecular weight excluding hydrogens is 228 g/mol. The van der Waals surface area contributed by atoms with Crippen molar-refractivity contribution in [3.05, 3.63) is 35.6 Å². The van der Waals surface area contributed by atoms with Gasteiger partial charge in [0.15, 0.2) is 5.76 Å². The van der Waals surface area contributed by atoms with E-state index in [-0.39, 0.29) is 6.04 Å². The smallest absolute Gasteiger partial charge is 0.154 e. The SMILES string of the molecule is CCC(N)c1cc(-c2ccc3c(c2)CCO3)no1. The molecular formula is C14H16N2O2. The zero-order valence-electron chi connectivity index (χ0n) is 10.3. The molecule has 1 atom stereocenters. The van der Waals surface area contributed by atoms with E-state index in [0.717, 1.165) is 42.2 Å². The first-order chi connectivity index (χ1) is 8.78. The maximum absolute atomic E-state index is 5.92. The minimum absolute atomic E-state index is 0.0796. The molecule has 94 valence electrons. The van der Waals surface area contributed by atoms with Crippen LogP contribution in [0.5, 0.6) is 5.75 Å². The molecule has 0 spiro atoms. The number of hydrogen-bond acceptors (Lipinski definition) is 4. The Morgan fingerprint density at radius 1 is 1.39 bits per heavy atom. The summed E-state index contributed by atoms with van der Waals surface area (Å²) < 4.78 is 10.8. The molecule has 4 nitrogen and oxygen atoms in total. The highest BCUT2D eigenvalue weighted by Gasteiger charge is 2.16. The molecule has 2 N–H and O–H groups in total. The first-order valence-corrected chi connectivity index (χ1v) is 6.26. The van der Waals surface area contributed by atoms with E-state index in [2.05, 4.69) is 11.2 Å². The van der Waals surface area contributed by atoms with Crippen molar-refractivity contribution in [2.75, 3.05) is 6.61 Å². The van der Waals surface area contributed by atoms with Gasteiger partial charge in [-0.3, -0.25) is 0 Å². The summed E-state index contributed by atoms with van der Waals surface area (Å²) in [6, 6.07) is 7.95. The number of aromatic nitrogens is 1. The molecule has 0 fully saturated rings. The number of benzene rings is 1. The van der Waals surface area contributed by atoms with Gasteiger partial charge in [-0.25, -0.2) is 0 Å². The number of nitrogens with zero attached hydrogens (tertiary/aromatic N) is 1. The maximum Gasteiger partial charge on any atom is 0.154 e. The first kappa shape index (κ1) is 11.3. The van der Waals surface area contributed by atoms with Gasteiger partial charge >= 0.3 is 0 Å². The lowest BCUT2D eigenvalue weighted by Gasteiger charge is -2.01. The highest BCUT2D eigenvalue weighted by atomic mass is 16.5. The quantitative estimate of drug-likeness (QED) is 0.901. The van der Waals surface area contributed by atoms with Crippen LogP contribution in [0.1, 0.15) is 30.7 Å². The molecule has 2 heterocycles. The summed E-state index contributed by atoms with van der Waals surface area (Å²) in [6.45, 7) is 2.79. The third-order valence-corrected chi connectivity index (χ3v) is 3.32. The van der Waals surface area contributed by atoms with Gasteiger partial charge in [-0.1, -0.05) is 12.1 Å². The molecule has 1 aromatic carbocycles. The van der Waals surface area contributed by atoms with E-state index >= 15 is 0 Å². The summed E-state index contributed by atoms with van der Waals surface area (Å²) in [5, 5.41) is 4.09. The normalized spacial score (nSPS) is 15.2. The molecule has 3 rings (SSSR count). The summed E-state index contributed by atoms with van der Waals surface area (Å²) in [4.78, 5) is 0. The van der Waals surface area contributed by atoms with Crippen LogP contribution >= 0.6 is 0 Å². The van der Waals surface area contributed by atoms with Crippen LogP contribution in [0.25, 0.3) is 11.3 Å². The minimum atomic E-state index is -0.0796. The lowest BCUT2D eigenvalue weighted by molar-refractivity contribution is 0.356. The average Bonchev–Trinajstić information content (AvgIpc) is 3.05. The molecule has 0 radical (unpaired) electrons. The van der Waals surface area contributed by atoms with Gasteiger partial charge in [-0.15, -0.1) is 0 Å². The predicted molar refractivity (Wildman–Crippen MR) is 68.4 cm³/mol. The number of hydrogen-bond donors (Lipinski definition) is 1. The van der Waals surface area contributed by atoms with Gasteiger partial charge in [-0.05, 0) is 30.2 Å². The van der Waals surface area contributed by atoms with Gasteiger partial charge in [-0.2, -0.15) is 0 Å². The summed E-state index contributed by atoms with van der Waals surface area (Å²) in [5.41, 5.74) is 9.05. The molecule has 4 heteroatoms. The van der Waals surface area contributed by atoms with Gasteiger partial charge in [0.05, 0.1) is 12.6 Å². The van der Waals surface area contributed by atoms with Crippen molar-refractivity contribution in [2.45, 2.75) is 25.8 Å². The first-order valence-electron chi connectivity index (χ1n) is 6.26. The zero-order chi connectivity index (χ0) is 12.5. The van der Waals surface area contributed by atoms with Crippen molar-refractivity contribution in [1.29, 1.82) is 0 Å². The third-order valence-electron chi connectivity index (χ3n) is 3.32. The van der Waals surface area contributed by atoms with E-state index in [9.17, 15) is 0 Å². The molecule has 1 aromatic heterocycles. The zero-order valence-corrected chi connectivity index (χ0v) is 10.3. The molecule has 18 heavy (non-hydrogen) atoms. The fourth-order valence-corrected chi connectivity index (χ4v) is 2.15. The standard InChI is InChI=1S/C14H16N2O2/c1-2-11(15)14-8-12(16-18-14)9-3-4-13-10(7-9)5-6-17-13/h3-4,7-8,11H,2,5-6,15H2,1H3. The highest BCUT2D eigenvalue weighted by molar-refractivity contribution is 5.62. The minimum Gasteiger partial charge on any atom is -0.493 e. The van der Waals surface area contributed by atoms with Crippen LogP contribution in [0.2, 0.25) is 0 Å². The number of nitrogens with two attached hydrogens (primary N) is 1. The fourth-order valence-electron chi connectivity index (χ4n) is 2.15. The molecule has 1 aliphatic rings. The van der Waals surface area contributed by atoms with Crippen molar-refractivity contribution in [3.63, 3.8) is 0 Å². The van der Waals surface area contributed by atoms with Gasteiger partial charge in [0, 0.05) is 18.1 Å². The second-order valence-electron chi connectivity index (χ2n) is 4.55. The monoisotopic (exact) mass is 244 g/mol. The molecule has 1 aliphatic heterocycles. The Kier molecular flexibility index (Phi) is 2.80. The van der Waals surface area contributed by atoms with E-state index in [0.29, 0.717) is 0 Å². The van der Waals surface area contributed by atoms with Crippen molar-refractivity contribution in [2.24, 2.45) is 5.73 Å². The van der Waals surface area contributed by atoms with Crippen LogP contribution in [-0.2, 0) is 6.42 Å². The van der Waals surface area contributed by atoms with Crippen LogP contribution in [0.15, 0.2) is 28.8 Å². The Morgan fingerprint density at radius 3 is 3.11 bits per heavy atom. The van der Waals surface area contributed by atoms with E-state index in [4.69, 9.17) is 15.0 Å². The summed E-state index contributed by atoms with van der Waals surface area (Å²) in [6.07, 6.45) is 1.80. The highest BCUT2D eigenvalue weighted by Crippen LogP contribution is 2.30. The molecule has 0 aliphatic carbocycles. The largest absolute Gasteiger partial charge is 0.493 e. The molecule has 0 saturated heterocycles. The Bertz CT molecular complexity index is 563. The van der Waals surface area contributed by atoms with Gasteiger partial charge in [0.2, 0.25) is 0 Å². The number of rotatable bonds is 3. The second kappa shape index (κ2) is 4.46. The second-order valence-corrected chi connectivity index (χ2v) is 4.55. The summed E-state index contributed by atoms with van der Waals surface area (Å²) >= 11 is 0. The van der Waals surface area contributed by atoms with Crippen LogP contribution in [0.4, 0.5) is 0 Å². The molecule has 2 aromatic rings. The topological polar surface area (TPSA) is 61.3 Å². The van der Waals surface area contributed by atoms with Crippen LogP contribution < -0.4 is 10.5 Å². The van der Waals surface area contributed by atoms with Crippen molar-refractivity contribution < 1.29 is 9.26 Å². The maximum atomic E-state index is 5.92. The molecule has 0 saturated carbocycles. The summed E-state index contributed by atoms with van der Waals surface area (Å²) in [7, 11) is 0. The van der Waals surface area contributed by atoms with E-state index in [1.807, 2.05) is 25.1 Å². The Balaban J connectivity index is 1.92. The summed E-state index contributed by atoms with van der Waals surface area (Å²) in [5.74, 6) is 1.72. The Labute approximate surface area is 106 Å². The molecule has 1 unspecified atom stereocenters. The van der Waals surface area contributed by atoms with Crippen LogP contribution in [-0.4, -0.2) is 11.8 Å². The Hall–Kier alpha value is -1.81. The predicted octanol–water partition coefficient (Wildman–Crippen LogP) is 2.69. The van der Waals surface area contributed by atoms with Gasteiger partial charge < -0.3 is 15.0 Å². The lowest BCUT2D eigenvalue weighted by Crippen LogP contribution is -2.06. The van der Waals surface area contributed by atoms with Crippen molar-refractivity contribution in [3.8, 4) is 17.0 Å². The average molecular weight is 244 g/mol. The number of fused-ring (bicyclic) bond motifs is 1. The van der Waals surface area contributed by atoms with Crippen LogP contribution in [0.3, 0.4) is 0 Å². The van der Waals surface area contributed by atoms with E-state index < -0.39 is 0 Å². The third kappa shape index (κ3) is 1.88. The van der Waals surface area contributed by atoms with E-state index in [1.54, 1.807) is 0 Å². The van der Waals surface area contributed by atoms with Crippen molar-refractivity contribution in [1.82, 2.24) is 5.16 Å². The fraction of sp³-hybridized carbons (Fsp3) is 0.357. The van der Waals surface area contributed by atoms with Gasteiger partial charge in [0.1, 0.15) is 11.4 Å². The van der Waals surface area contributed by atoms with Gasteiger partial charge in [0.25, 0.3) is 0 Å². The number of ether oxygens (including phenoxy) is 1. The molecule has 0 bridgehead atoms. The van der Waals surface area contributed by atoms with Crippen LogP contribution in [0, 0.1) is 0 Å². The van der Waals surface area contributed by atoms with E-state index in [1.165, 1.54) is 5.56 Å². The van der Waals surface area contributed by atoms with Crippen molar-refractivity contribution >= 4 is 0 Å².